The third kappa shape index (κ3) is 3.48. The largest absolute Gasteiger partial charge is 0.463 e. The van der Waals surface area contributed by atoms with E-state index in [1.165, 1.54) is 5.56 Å². The average molecular weight is 289 g/mol. The highest BCUT2D eigenvalue weighted by Crippen LogP contribution is 2.52. The number of hydrogen-bond acceptors (Lipinski definition) is 4. The molecule has 0 radical (unpaired) electrons. The molecule has 1 aliphatic rings. The molecule has 5 heteroatoms. The maximum absolute atomic E-state index is 5.58. The minimum Gasteiger partial charge on any atom is -0.414 e. The van der Waals surface area contributed by atoms with Gasteiger partial charge in [0.05, 0.1) is 6.61 Å². The Hall–Kier alpha value is -1.61. The minimum atomic E-state index is -1.28. The van der Waals surface area contributed by atoms with Crippen molar-refractivity contribution in [3.8, 4) is 11.5 Å². The summed E-state index contributed by atoms with van der Waals surface area (Å²) in [7, 11) is -1.28. The SMILES string of the molecule is c1ccc(CNCCOP2Oc3ccccc3O2)cc1. The van der Waals surface area contributed by atoms with Gasteiger partial charge in [-0.05, 0) is 17.7 Å². The standard InChI is InChI=1S/C15H16NO3P/c1-2-6-13(7-3-1)12-16-10-11-17-20-18-14-8-4-5-9-15(14)19-20/h1-9,16H,10-12H2. The molecule has 4 nitrogen and oxygen atoms in total. The molecule has 1 heterocycles. The van der Waals surface area contributed by atoms with E-state index < -0.39 is 8.60 Å². The molecule has 0 fully saturated rings. The fraction of sp³-hybridized carbons (Fsp3) is 0.200. The number of nitrogens with one attached hydrogen (secondary N) is 1. The molecule has 1 N–H and O–H groups in total. The molecule has 0 saturated carbocycles. The van der Waals surface area contributed by atoms with Gasteiger partial charge in [-0.25, -0.2) is 0 Å². The Morgan fingerprint density at radius 3 is 2.25 bits per heavy atom. The Bertz CT molecular complexity index is 525. The van der Waals surface area contributed by atoms with Gasteiger partial charge >= 0.3 is 8.60 Å². The van der Waals surface area contributed by atoms with Crippen LogP contribution in [0.3, 0.4) is 0 Å². The van der Waals surface area contributed by atoms with Crippen molar-refractivity contribution >= 4 is 8.60 Å². The van der Waals surface area contributed by atoms with Crippen LogP contribution in [0.5, 0.6) is 11.5 Å². The zero-order valence-electron chi connectivity index (χ0n) is 11.0. The second-order valence-corrected chi connectivity index (χ2v) is 5.42. The molecule has 0 spiro atoms. The molecule has 0 saturated heterocycles. The summed E-state index contributed by atoms with van der Waals surface area (Å²) in [5.74, 6) is 1.52. The van der Waals surface area contributed by atoms with E-state index in [0.29, 0.717) is 6.61 Å². The van der Waals surface area contributed by atoms with E-state index in [1.807, 2.05) is 42.5 Å². The Morgan fingerprint density at radius 1 is 0.900 bits per heavy atom. The van der Waals surface area contributed by atoms with Crippen molar-refractivity contribution in [3.63, 3.8) is 0 Å². The number of rotatable bonds is 6. The van der Waals surface area contributed by atoms with Crippen molar-refractivity contribution in [1.29, 1.82) is 0 Å². The van der Waals surface area contributed by atoms with Gasteiger partial charge in [0.25, 0.3) is 0 Å². The first-order chi connectivity index (χ1) is 9.92. The van der Waals surface area contributed by atoms with Gasteiger partial charge in [0.2, 0.25) is 0 Å². The smallest absolute Gasteiger partial charge is 0.414 e. The average Bonchev–Trinajstić information content (AvgIpc) is 2.90. The Labute approximate surface area is 119 Å². The third-order valence-corrected chi connectivity index (χ3v) is 3.93. The monoisotopic (exact) mass is 289 g/mol. The third-order valence-electron chi connectivity index (χ3n) is 2.84. The lowest BCUT2D eigenvalue weighted by Crippen LogP contribution is -2.18. The molecule has 3 rings (SSSR count). The van der Waals surface area contributed by atoms with Crippen LogP contribution in [0.1, 0.15) is 5.56 Å². The van der Waals surface area contributed by atoms with E-state index in [4.69, 9.17) is 13.6 Å². The van der Waals surface area contributed by atoms with Crippen LogP contribution in [0, 0.1) is 0 Å². The molecule has 0 aliphatic carbocycles. The van der Waals surface area contributed by atoms with Gasteiger partial charge in [0.15, 0.2) is 11.5 Å². The van der Waals surface area contributed by atoms with Crippen molar-refractivity contribution < 1.29 is 13.6 Å². The van der Waals surface area contributed by atoms with Gasteiger partial charge in [0, 0.05) is 13.1 Å². The van der Waals surface area contributed by atoms with Crippen molar-refractivity contribution in [2.75, 3.05) is 13.2 Å². The molecule has 104 valence electrons. The highest BCUT2D eigenvalue weighted by Gasteiger charge is 2.26. The summed E-state index contributed by atoms with van der Waals surface area (Å²) in [6.45, 7) is 2.16. The predicted octanol–water partition coefficient (Wildman–Crippen LogP) is 3.49. The van der Waals surface area contributed by atoms with Gasteiger partial charge in [-0.3, -0.25) is 4.52 Å². The zero-order valence-corrected chi connectivity index (χ0v) is 11.9. The lowest BCUT2D eigenvalue weighted by atomic mass is 10.2. The van der Waals surface area contributed by atoms with E-state index in [1.54, 1.807) is 0 Å². The first kappa shape index (κ1) is 13.4. The molecular formula is C15H16NO3P. The Morgan fingerprint density at radius 2 is 1.55 bits per heavy atom. The Kier molecular flexibility index (Phi) is 4.49. The first-order valence-electron chi connectivity index (χ1n) is 6.54. The van der Waals surface area contributed by atoms with Crippen LogP contribution in [0.25, 0.3) is 0 Å². The minimum absolute atomic E-state index is 0.562. The molecule has 2 aromatic carbocycles. The van der Waals surface area contributed by atoms with Gasteiger partial charge in [0.1, 0.15) is 0 Å². The summed E-state index contributed by atoms with van der Waals surface area (Å²) in [4.78, 5) is 0. The number of para-hydroxylation sites is 2. The molecule has 0 bridgehead atoms. The normalized spacial score (nSPS) is 13.6. The topological polar surface area (TPSA) is 39.7 Å². The van der Waals surface area contributed by atoms with Crippen molar-refractivity contribution in [2.24, 2.45) is 0 Å². The fourth-order valence-corrected chi connectivity index (χ4v) is 2.86. The van der Waals surface area contributed by atoms with Crippen LogP contribution >= 0.6 is 8.60 Å². The first-order valence-corrected chi connectivity index (χ1v) is 7.64. The van der Waals surface area contributed by atoms with Crippen LogP contribution < -0.4 is 14.4 Å². The number of hydrogen-bond donors (Lipinski definition) is 1. The number of fused-ring (bicyclic) bond motifs is 1. The second kappa shape index (κ2) is 6.71. The molecular weight excluding hydrogens is 273 g/mol. The van der Waals surface area contributed by atoms with Gasteiger partial charge < -0.3 is 14.4 Å². The lowest BCUT2D eigenvalue weighted by Gasteiger charge is -2.08. The summed E-state index contributed by atoms with van der Waals surface area (Å²) >= 11 is 0. The maximum Gasteiger partial charge on any atom is 0.463 e. The van der Waals surface area contributed by atoms with Crippen molar-refractivity contribution in [1.82, 2.24) is 5.32 Å². The van der Waals surface area contributed by atoms with Crippen LogP contribution in [-0.2, 0) is 11.1 Å². The van der Waals surface area contributed by atoms with E-state index in [-0.39, 0.29) is 0 Å². The van der Waals surface area contributed by atoms with Gasteiger partial charge in [-0.2, -0.15) is 0 Å². The summed E-state index contributed by atoms with van der Waals surface area (Å²) in [6.07, 6.45) is 0. The zero-order chi connectivity index (χ0) is 13.6. The molecule has 0 aromatic heterocycles. The maximum atomic E-state index is 5.58. The van der Waals surface area contributed by atoms with E-state index in [0.717, 1.165) is 24.6 Å². The highest BCUT2D eigenvalue weighted by molar-refractivity contribution is 7.43. The fourth-order valence-electron chi connectivity index (χ4n) is 1.85. The van der Waals surface area contributed by atoms with E-state index >= 15 is 0 Å². The molecule has 0 atom stereocenters. The van der Waals surface area contributed by atoms with Crippen LogP contribution in [0.15, 0.2) is 54.6 Å². The highest BCUT2D eigenvalue weighted by atomic mass is 31.2. The predicted molar refractivity (Wildman–Crippen MR) is 78.7 cm³/mol. The second-order valence-electron chi connectivity index (χ2n) is 4.35. The Balaban J connectivity index is 1.34. The van der Waals surface area contributed by atoms with E-state index in [9.17, 15) is 0 Å². The van der Waals surface area contributed by atoms with Crippen LogP contribution in [-0.4, -0.2) is 13.2 Å². The van der Waals surface area contributed by atoms with E-state index in [2.05, 4.69) is 17.4 Å². The molecule has 2 aromatic rings. The summed E-state index contributed by atoms with van der Waals surface area (Å²) < 4.78 is 16.7. The molecule has 20 heavy (non-hydrogen) atoms. The van der Waals surface area contributed by atoms with Gasteiger partial charge in [-0.15, -0.1) is 0 Å². The van der Waals surface area contributed by atoms with Crippen LogP contribution in [0.2, 0.25) is 0 Å². The lowest BCUT2D eigenvalue weighted by molar-refractivity contribution is 0.282. The van der Waals surface area contributed by atoms with Crippen molar-refractivity contribution in [2.45, 2.75) is 6.54 Å². The van der Waals surface area contributed by atoms with Gasteiger partial charge in [-0.1, -0.05) is 42.5 Å². The molecule has 0 unspecified atom stereocenters. The summed E-state index contributed by atoms with van der Waals surface area (Å²) in [6, 6.07) is 17.9. The molecule has 1 aliphatic heterocycles. The summed E-state index contributed by atoms with van der Waals surface area (Å²) in [5, 5.41) is 3.32. The molecule has 0 amide bonds. The number of benzene rings is 2. The van der Waals surface area contributed by atoms with Crippen molar-refractivity contribution in [3.05, 3.63) is 60.2 Å². The summed E-state index contributed by atoms with van der Waals surface area (Å²) in [5.41, 5.74) is 1.26. The quantitative estimate of drug-likeness (QED) is 0.652. The van der Waals surface area contributed by atoms with Crippen LogP contribution in [0.4, 0.5) is 0 Å².